The molecule has 1 atom stereocenters. The van der Waals surface area contributed by atoms with Crippen LogP contribution in [0.25, 0.3) is 0 Å². The van der Waals surface area contributed by atoms with Crippen LogP contribution in [0.2, 0.25) is 0 Å². The Bertz CT molecular complexity index is 478. The Hall–Kier alpha value is -1.36. The van der Waals surface area contributed by atoms with Crippen molar-refractivity contribution in [2.75, 3.05) is 36.8 Å². The molecule has 2 aliphatic rings. The zero-order valence-corrected chi connectivity index (χ0v) is 11.6. The summed E-state index contributed by atoms with van der Waals surface area (Å²) in [7, 11) is 0. The first kappa shape index (κ1) is 13.6. The molecule has 0 amide bonds. The van der Waals surface area contributed by atoms with E-state index in [1.165, 1.54) is 25.3 Å². The van der Waals surface area contributed by atoms with Gasteiger partial charge in [0.25, 0.3) is 6.43 Å². The molecule has 3 nitrogen and oxygen atoms in total. The van der Waals surface area contributed by atoms with Crippen molar-refractivity contribution in [1.82, 2.24) is 4.90 Å². The van der Waals surface area contributed by atoms with E-state index in [0.29, 0.717) is 17.4 Å². The van der Waals surface area contributed by atoms with Gasteiger partial charge in [-0.2, -0.15) is 0 Å². The lowest BCUT2D eigenvalue weighted by atomic mass is 9.98. The van der Waals surface area contributed by atoms with Gasteiger partial charge in [0, 0.05) is 42.6 Å². The molecule has 0 aromatic heterocycles. The van der Waals surface area contributed by atoms with Crippen molar-refractivity contribution in [3.8, 4) is 0 Å². The van der Waals surface area contributed by atoms with Crippen molar-refractivity contribution in [2.24, 2.45) is 0 Å². The maximum absolute atomic E-state index is 13.2. The number of piperidine rings is 1. The summed E-state index contributed by atoms with van der Waals surface area (Å²) in [5, 5.41) is 0. The van der Waals surface area contributed by atoms with E-state index in [9.17, 15) is 8.78 Å². The maximum Gasteiger partial charge on any atom is 0.265 e. The largest absolute Gasteiger partial charge is 0.399 e. The average molecular weight is 281 g/mol. The number of nitrogen functional groups attached to an aromatic ring is 1. The highest BCUT2D eigenvalue weighted by molar-refractivity contribution is 5.60. The minimum absolute atomic E-state index is 0.0641. The molecule has 0 bridgehead atoms. The molecule has 0 spiro atoms. The number of anilines is 2. The Labute approximate surface area is 118 Å². The first-order valence-corrected chi connectivity index (χ1v) is 7.32. The van der Waals surface area contributed by atoms with Crippen LogP contribution in [0.5, 0.6) is 0 Å². The second-order valence-electron chi connectivity index (χ2n) is 5.75. The molecule has 1 aromatic rings. The number of piperazine rings is 1. The molecule has 3 rings (SSSR count). The van der Waals surface area contributed by atoms with Crippen LogP contribution in [-0.4, -0.2) is 37.1 Å². The number of halogens is 2. The summed E-state index contributed by atoms with van der Waals surface area (Å²) in [6.45, 7) is 3.80. The highest BCUT2D eigenvalue weighted by Crippen LogP contribution is 2.33. The summed E-state index contributed by atoms with van der Waals surface area (Å²) in [4.78, 5) is 4.60. The average Bonchev–Trinajstić information content (AvgIpc) is 2.46. The van der Waals surface area contributed by atoms with Crippen molar-refractivity contribution >= 4 is 11.4 Å². The fourth-order valence-electron chi connectivity index (χ4n) is 3.41. The Morgan fingerprint density at radius 3 is 2.80 bits per heavy atom. The minimum Gasteiger partial charge on any atom is -0.399 e. The Balaban J connectivity index is 1.82. The minimum atomic E-state index is -2.47. The quantitative estimate of drug-likeness (QED) is 0.846. The topological polar surface area (TPSA) is 32.5 Å². The van der Waals surface area contributed by atoms with Crippen molar-refractivity contribution in [1.29, 1.82) is 0 Å². The van der Waals surface area contributed by atoms with Crippen LogP contribution in [0.4, 0.5) is 20.2 Å². The lowest BCUT2D eigenvalue weighted by Gasteiger charge is -2.45. The number of hydrogen-bond donors (Lipinski definition) is 1. The molecule has 2 fully saturated rings. The molecular formula is C15H21F2N3. The van der Waals surface area contributed by atoms with Crippen LogP contribution in [-0.2, 0) is 0 Å². The Kier molecular flexibility index (Phi) is 3.78. The van der Waals surface area contributed by atoms with Crippen LogP contribution in [0, 0.1) is 0 Å². The molecule has 0 radical (unpaired) electrons. The molecule has 2 N–H and O–H groups in total. The fourth-order valence-corrected chi connectivity index (χ4v) is 3.41. The number of nitrogens with zero attached hydrogens (tertiary/aromatic N) is 2. The molecule has 20 heavy (non-hydrogen) atoms. The van der Waals surface area contributed by atoms with Gasteiger partial charge in [-0.25, -0.2) is 8.78 Å². The number of hydrogen-bond acceptors (Lipinski definition) is 3. The zero-order valence-electron chi connectivity index (χ0n) is 11.6. The van der Waals surface area contributed by atoms with Gasteiger partial charge in [0.2, 0.25) is 0 Å². The molecule has 0 aliphatic carbocycles. The van der Waals surface area contributed by atoms with E-state index in [2.05, 4.69) is 9.80 Å². The van der Waals surface area contributed by atoms with Crippen LogP contribution in [0.1, 0.15) is 31.3 Å². The molecule has 0 saturated carbocycles. The number of nitrogens with two attached hydrogens (primary N) is 1. The van der Waals surface area contributed by atoms with Gasteiger partial charge in [0.1, 0.15) is 0 Å². The lowest BCUT2D eigenvalue weighted by molar-refractivity contribution is 0.131. The van der Waals surface area contributed by atoms with Crippen LogP contribution in [0.3, 0.4) is 0 Å². The molecular weight excluding hydrogens is 260 g/mol. The summed E-state index contributed by atoms with van der Waals surface area (Å²) in [6, 6.07) is 5.39. The van der Waals surface area contributed by atoms with Gasteiger partial charge in [-0.15, -0.1) is 0 Å². The lowest BCUT2D eigenvalue weighted by Crippen LogP contribution is -2.55. The van der Waals surface area contributed by atoms with E-state index >= 15 is 0 Å². The summed E-state index contributed by atoms with van der Waals surface area (Å²) < 4.78 is 26.4. The van der Waals surface area contributed by atoms with E-state index in [1.54, 1.807) is 12.1 Å². The third-order valence-corrected chi connectivity index (χ3v) is 4.46. The van der Waals surface area contributed by atoms with Crippen molar-refractivity contribution in [3.63, 3.8) is 0 Å². The first-order chi connectivity index (χ1) is 9.65. The smallest absolute Gasteiger partial charge is 0.265 e. The van der Waals surface area contributed by atoms with Crippen LogP contribution < -0.4 is 10.6 Å². The summed E-state index contributed by atoms with van der Waals surface area (Å²) >= 11 is 0. The summed E-state index contributed by atoms with van der Waals surface area (Å²) in [5.41, 5.74) is 6.76. The van der Waals surface area contributed by atoms with Gasteiger partial charge in [0.05, 0.1) is 0 Å². The van der Waals surface area contributed by atoms with Gasteiger partial charge in [-0.1, -0.05) is 6.42 Å². The molecule has 110 valence electrons. The van der Waals surface area contributed by atoms with E-state index in [1.807, 2.05) is 0 Å². The van der Waals surface area contributed by atoms with Crippen LogP contribution >= 0.6 is 0 Å². The molecule has 5 heteroatoms. The van der Waals surface area contributed by atoms with E-state index in [0.717, 1.165) is 26.2 Å². The summed E-state index contributed by atoms with van der Waals surface area (Å²) in [5.74, 6) is 0. The van der Waals surface area contributed by atoms with Gasteiger partial charge in [-0.05, 0) is 37.6 Å². The van der Waals surface area contributed by atoms with Crippen molar-refractivity contribution < 1.29 is 8.78 Å². The van der Waals surface area contributed by atoms with Crippen molar-refractivity contribution in [2.45, 2.75) is 31.7 Å². The monoisotopic (exact) mass is 281 g/mol. The van der Waals surface area contributed by atoms with E-state index in [4.69, 9.17) is 5.73 Å². The highest BCUT2D eigenvalue weighted by Gasteiger charge is 2.30. The zero-order chi connectivity index (χ0) is 14.1. The molecule has 1 unspecified atom stereocenters. The predicted octanol–water partition coefficient (Wildman–Crippen LogP) is 2.88. The van der Waals surface area contributed by atoms with E-state index in [-0.39, 0.29) is 5.56 Å². The van der Waals surface area contributed by atoms with Gasteiger partial charge < -0.3 is 10.6 Å². The molecule has 2 saturated heterocycles. The van der Waals surface area contributed by atoms with Gasteiger partial charge in [-0.3, -0.25) is 4.90 Å². The Morgan fingerprint density at radius 1 is 1.15 bits per heavy atom. The molecule has 1 aromatic carbocycles. The maximum atomic E-state index is 13.2. The normalized spacial score (nSPS) is 23.9. The number of benzene rings is 1. The SMILES string of the molecule is Nc1ccc(N2CCN3CCCCC3C2)c(C(F)F)c1. The second kappa shape index (κ2) is 5.56. The van der Waals surface area contributed by atoms with Gasteiger partial charge >= 0.3 is 0 Å². The highest BCUT2D eigenvalue weighted by atomic mass is 19.3. The first-order valence-electron chi connectivity index (χ1n) is 7.32. The molecule has 2 heterocycles. The number of fused-ring (bicyclic) bond motifs is 1. The van der Waals surface area contributed by atoms with Gasteiger partial charge in [0.15, 0.2) is 0 Å². The molecule has 2 aliphatic heterocycles. The summed E-state index contributed by atoms with van der Waals surface area (Å²) in [6.07, 6.45) is 1.21. The number of rotatable bonds is 2. The Morgan fingerprint density at radius 2 is 2.00 bits per heavy atom. The third kappa shape index (κ3) is 2.59. The van der Waals surface area contributed by atoms with Crippen molar-refractivity contribution in [3.05, 3.63) is 23.8 Å². The standard InChI is InChI=1S/C15H21F2N3/c16-15(17)13-9-11(18)4-5-14(13)20-8-7-19-6-2-1-3-12(19)10-20/h4-5,9,12,15H,1-3,6-8,10,18H2. The second-order valence-corrected chi connectivity index (χ2v) is 5.75. The number of alkyl halides is 2. The fraction of sp³-hybridized carbons (Fsp3) is 0.600. The predicted molar refractivity (Wildman–Crippen MR) is 77.2 cm³/mol. The third-order valence-electron chi connectivity index (χ3n) is 4.46. The van der Waals surface area contributed by atoms with Crippen LogP contribution in [0.15, 0.2) is 18.2 Å². The van der Waals surface area contributed by atoms with E-state index < -0.39 is 6.43 Å².